The average molecular weight is 410 g/mol. The third kappa shape index (κ3) is 6.15. The minimum absolute atomic E-state index is 0.0388. The van der Waals surface area contributed by atoms with Gasteiger partial charge < -0.3 is 23.7 Å². The maximum Gasteiger partial charge on any atom is 0.344 e. The Kier molecular flexibility index (Phi) is 7.95. The maximum absolute atomic E-state index is 12.3. The first-order valence-electron chi connectivity index (χ1n) is 9.35. The first-order valence-corrected chi connectivity index (χ1v) is 9.35. The van der Waals surface area contributed by atoms with Crippen LogP contribution in [-0.4, -0.2) is 62.0 Å². The van der Waals surface area contributed by atoms with Gasteiger partial charge in [0.25, 0.3) is 0 Å². The molecule has 1 heterocycles. The van der Waals surface area contributed by atoms with Gasteiger partial charge in [-0.25, -0.2) is 9.59 Å². The van der Waals surface area contributed by atoms with E-state index in [0.717, 1.165) is 0 Å². The summed E-state index contributed by atoms with van der Waals surface area (Å²) in [4.78, 5) is 47.9. The summed E-state index contributed by atoms with van der Waals surface area (Å²) in [5.41, 5.74) is 0.0443. The third-order valence-corrected chi connectivity index (χ3v) is 4.48. The first kappa shape index (κ1) is 22.6. The van der Waals surface area contributed by atoms with Gasteiger partial charge in [-0.05, 0) is 20.3 Å². The van der Waals surface area contributed by atoms with Crippen molar-refractivity contribution < 1.29 is 42.9 Å². The Bertz CT molecular complexity index is 681. The average Bonchev–Trinajstić information content (AvgIpc) is 2.85. The van der Waals surface area contributed by atoms with Crippen LogP contribution < -0.4 is 0 Å². The lowest BCUT2D eigenvalue weighted by Crippen LogP contribution is -2.44. The molecule has 0 aromatic heterocycles. The van der Waals surface area contributed by atoms with Crippen molar-refractivity contribution in [2.24, 2.45) is 11.8 Å². The van der Waals surface area contributed by atoms with Crippen LogP contribution in [0.25, 0.3) is 0 Å². The van der Waals surface area contributed by atoms with Crippen LogP contribution in [0.15, 0.2) is 24.8 Å². The molecule has 2 fully saturated rings. The minimum atomic E-state index is -0.908. The van der Waals surface area contributed by atoms with Crippen LogP contribution in [-0.2, 0) is 42.9 Å². The molecule has 29 heavy (non-hydrogen) atoms. The van der Waals surface area contributed by atoms with Crippen molar-refractivity contribution in [1.82, 2.24) is 0 Å². The number of ether oxygens (including phenoxy) is 5. The minimum Gasteiger partial charge on any atom is -0.463 e. The molecule has 9 nitrogen and oxygen atoms in total. The molecule has 1 aliphatic heterocycles. The van der Waals surface area contributed by atoms with E-state index in [0.29, 0.717) is 6.42 Å². The predicted octanol–water partition coefficient (Wildman–Crippen LogP) is 1.10. The lowest BCUT2D eigenvalue weighted by atomic mass is 9.99. The monoisotopic (exact) mass is 410 g/mol. The lowest BCUT2D eigenvalue weighted by molar-refractivity contribution is -0.185. The molecule has 0 spiro atoms. The highest BCUT2D eigenvalue weighted by atomic mass is 16.6. The Morgan fingerprint density at radius 2 is 2.00 bits per heavy atom. The van der Waals surface area contributed by atoms with E-state index in [1.807, 2.05) is 0 Å². The van der Waals surface area contributed by atoms with Crippen LogP contribution in [0.2, 0.25) is 0 Å². The molecule has 160 valence electrons. The molecule has 1 aliphatic carbocycles. The van der Waals surface area contributed by atoms with Crippen molar-refractivity contribution in [3.05, 3.63) is 24.8 Å². The fraction of sp³-hybridized carbons (Fsp3) is 0.600. The Balaban J connectivity index is 1.88. The maximum atomic E-state index is 12.3. The van der Waals surface area contributed by atoms with Crippen molar-refractivity contribution in [2.75, 3.05) is 19.8 Å². The van der Waals surface area contributed by atoms with E-state index in [2.05, 4.69) is 13.2 Å². The van der Waals surface area contributed by atoms with Crippen LogP contribution in [0.1, 0.15) is 26.7 Å². The van der Waals surface area contributed by atoms with E-state index in [9.17, 15) is 19.2 Å². The highest BCUT2D eigenvalue weighted by Gasteiger charge is 2.55. The molecule has 2 aliphatic rings. The molecule has 0 aromatic rings. The zero-order valence-corrected chi connectivity index (χ0v) is 16.6. The van der Waals surface area contributed by atoms with Gasteiger partial charge in [-0.1, -0.05) is 12.7 Å². The molecule has 4 atom stereocenters. The molecule has 4 unspecified atom stereocenters. The topological polar surface area (TPSA) is 114 Å². The van der Waals surface area contributed by atoms with Gasteiger partial charge in [0.15, 0.2) is 12.7 Å². The summed E-state index contributed by atoms with van der Waals surface area (Å²) in [5, 5.41) is 0. The van der Waals surface area contributed by atoms with Gasteiger partial charge in [0.05, 0.1) is 37.2 Å². The van der Waals surface area contributed by atoms with Crippen LogP contribution in [0.3, 0.4) is 0 Å². The molecule has 0 radical (unpaired) electrons. The summed E-state index contributed by atoms with van der Waals surface area (Å²) >= 11 is 0. The SMILES string of the molecule is C=CCOCC(=C)C(=O)OCC(=O)OC1C2CC(=O)OC1C(C(=O)OC(C)C)C2. The van der Waals surface area contributed by atoms with Crippen LogP contribution in [0.4, 0.5) is 0 Å². The quantitative estimate of drug-likeness (QED) is 0.172. The molecule has 1 saturated carbocycles. The summed E-state index contributed by atoms with van der Waals surface area (Å²) < 4.78 is 25.8. The molecule has 0 amide bonds. The molecule has 2 rings (SSSR count). The molecule has 0 N–H and O–H groups in total. The number of rotatable bonds is 10. The number of hydrogen-bond acceptors (Lipinski definition) is 9. The fourth-order valence-electron chi connectivity index (χ4n) is 3.30. The predicted molar refractivity (Wildman–Crippen MR) is 98.3 cm³/mol. The summed E-state index contributed by atoms with van der Waals surface area (Å²) in [6.45, 7) is 9.99. The Morgan fingerprint density at radius 3 is 2.66 bits per heavy atom. The van der Waals surface area contributed by atoms with Crippen molar-refractivity contribution in [3.63, 3.8) is 0 Å². The van der Waals surface area contributed by atoms with Gasteiger partial charge in [-0.15, -0.1) is 6.58 Å². The lowest BCUT2D eigenvalue weighted by Gasteiger charge is -2.30. The largest absolute Gasteiger partial charge is 0.463 e. The Labute approximate surface area is 168 Å². The second-order valence-corrected chi connectivity index (χ2v) is 7.18. The summed E-state index contributed by atoms with van der Waals surface area (Å²) in [6, 6.07) is 0. The van der Waals surface area contributed by atoms with Crippen LogP contribution in [0.5, 0.6) is 0 Å². The van der Waals surface area contributed by atoms with Crippen molar-refractivity contribution in [1.29, 1.82) is 0 Å². The third-order valence-electron chi connectivity index (χ3n) is 4.48. The molecule has 2 bridgehead atoms. The van der Waals surface area contributed by atoms with Gasteiger partial charge in [0, 0.05) is 5.92 Å². The summed E-state index contributed by atoms with van der Waals surface area (Å²) in [7, 11) is 0. The van der Waals surface area contributed by atoms with E-state index in [1.54, 1.807) is 13.8 Å². The van der Waals surface area contributed by atoms with Crippen molar-refractivity contribution in [3.8, 4) is 0 Å². The molecular weight excluding hydrogens is 384 g/mol. The highest BCUT2D eigenvalue weighted by Crippen LogP contribution is 2.42. The van der Waals surface area contributed by atoms with Gasteiger partial charge >= 0.3 is 23.9 Å². The van der Waals surface area contributed by atoms with Crippen LogP contribution in [0, 0.1) is 11.8 Å². The molecular formula is C20H26O9. The van der Waals surface area contributed by atoms with Gasteiger partial charge in [-0.3, -0.25) is 9.59 Å². The van der Waals surface area contributed by atoms with E-state index in [4.69, 9.17) is 23.7 Å². The van der Waals surface area contributed by atoms with Crippen LogP contribution >= 0.6 is 0 Å². The normalized spacial score (nSPS) is 25.1. The van der Waals surface area contributed by atoms with E-state index < -0.39 is 48.6 Å². The first-order chi connectivity index (χ1) is 13.7. The fourth-order valence-corrected chi connectivity index (χ4v) is 3.30. The number of esters is 4. The molecule has 9 heteroatoms. The zero-order valence-electron chi connectivity index (χ0n) is 16.6. The standard InChI is InChI=1S/C20H26O9/c1-5-6-25-9-12(4)19(23)26-10-16(22)29-17-13-7-14(20(24)27-11(2)3)18(17)28-15(21)8-13/h5,11,13-14,17-18H,1,4,6-10H2,2-3H3. The van der Waals surface area contributed by atoms with Gasteiger partial charge in [-0.2, -0.15) is 0 Å². The van der Waals surface area contributed by atoms with Crippen molar-refractivity contribution >= 4 is 23.9 Å². The van der Waals surface area contributed by atoms with Gasteiger partial charge in [0.1, 0.15) is 6.10 Å². The van der Waals surface area contributed by atoms with Crippen molar-refractivity contribution in [2.45, 2.75) is 45.0 Å². The molecule has 1 saturated heterocycles. The number of hydrogen-bond donors (Lipinski definition) is 0. The Hall–Kier alpha value is -2.68. The van der Waals surface area contributed by atoms with E-state index in [1.165, 1.54) is 6.08 Å². The molecule has 0 aromatic carbocycles. The zero-order chi connectivity index (χ0) is 21.6. The number of carbonyl (C=O) groups excluding carboxylic acids is 4. The second kappa shape index (κ2) is 10.2. The summed E-state index contributed by atoms with van der Waals surface area (Å²) in [5.74, 6) is -3.60. The highest BCUT2D eigenvalue weighted by molar-refractivity contribution is 5.89. The summed E-state index contributed by atoms with van der Waals surface area (Å²) in [6.07, 6.45) is -0.139. The second-order valence-electron chi connectivity index (χ2n) is 7.18. The van der Waals surface area contributed by atoms with Gasteiger partial charge in [0.2, 0.25) is 0 Å². The number of carbonyl (C=O) groups is 4. The smallest absolute Gasteiger partial charge is 0.344 e. The number of fused-ring (bicyclic) bond motifs is 2. The van der Waals surface area contributed by atoms with E-state index >= 15 is 0 Å². The van der Waals surface area contributed by atoms with E-state index in [-0.39, 0.29) is 37.2 Å². The Morgan fingerprint density at radius 1 is 1.28 bits per heavy atom.